The second kappa shape index (κ2) is 5.59. The quantitative estimate of drug-likeness (QED) is 0.382. The summed E-state index contributed by atoms with van der Waals surface area (Å²) in [5.41, 5.74) is 11.1. The van der Waals surface area contributed by atoms with Gasteiger partial charge in [0.05, 0.1) is 12.1 Å². The molecule has 0 fully saturated rings. The SMILES string of the molecule is NC(=O)NCCOC(=O)c1ccccc1N. The van der Waals surface area contributed by atoms with Gasteiger partial charge in [-0.25, -0.2) is 9.59 Å². The Morgan fingerprint density at radius 2 is 2.00 bits per heavy atom. The summed E-state index contributed by atoms with van der Waals surface area (Å²) in [4.78, 5) is 21.8. The van der Waals surface area contributed by atoms with E-state index in [9.17, 15) is 9.59 Å². The molecule has 6 nitrogen and oxygen atoms in total. The van der Waals surface area contributed by atoms with Crippen LogP contribution in [-0.2, 0) is 4.74 Å². The number of rotatable bonds is 4. The number of nitrogen functional groups attached to an aromatic ring is 1. The molecule has 0 spiro atoms. The number of nitrogens with one attached hydrogen (secondary N) is 1. The number of primary amides is 1. The van der Waals surface area contributed by atoms with Gasteiger partial charge in [-0.15, -0.1) is 0 Å². The van der Waals surface area contributed by atoms with Gasteiger partial charge in [-0.3, -0.25) is 0 Å². The fourth-order valence-electron chi connectivity index (χ4n) is 1.08. The number of para-hydroxylation sites is 1. The molecule has 86 valence electrons. The third-order valence-corrected chi connectivity index (χ3v) is 1.82. The molecule has 0 aliphatic carbocycles. The molecule has 0 aliphatic heterocycles. The molecule has 0 saturated heterocycles. The average molecular weight is 223 g/mol. The summed E-state index contributed by atoms with van der Waals surface area (Å²) >= 11 is 0. The predicted octanol–water partition coefficient (Wildman–Crippen LogP) is 0.0939. The Kier molecular flexibility index (Phi) is 4.14. The second-order valence-corrected chi connectivity index (χ2v) is 3.01. The van der Waals surface area contributed by atoms with Gasteiger partial charge in [0.25, 0.3) is 0 Å². The molecule has 0 aliphatic rings. The van der Waals surface area contributed by atoms with Crippen LogP contribution in [0.2, 0.25) is 0 Å². The fourth-order valence-corrected chi connectivity index (χ4v) is 1.08. The van der Waals surface area contributed by atoms with Gasteiger partial charge in [0.2, 0.25) is 0 Å². The van der Waals surface area contributed by atoms with Crippen LogP contribution in [0.15, 0.2) is 24.3 Å². The predicted molar refractivity (Wildman–Crippen MR) is 58.7 cm³/mol. The first-order valence-electron chi connectivity index (χ1n) is 4.66. The smallest absolute Gasteiger partial charge is 0.340 e. The number of hydrogen-bond donors (Lipinski definition) is 3. The van der Waals surface area contributed by atoms with Crippen LogP contribution in [0.4, 0.5) is 10.5 Å². The van der Waals surface area contributed by atoms with Gasteiger partial charge in [0, 0.05) is 5.69 Å². The minimum atomic E-state index is -0.657. The number of anilines is 1. The summed E-state index contributed by atoms with van der Waals surface area (Å²) in [6.07, 6.45) is 0. The summed E-state index contributed by atoms with van der Waals surface area (Å²) in [7, 11) is 0. The minimum absolute atomic E-state index is 0.0517. The second-order valence-electron chi connectivity index (χ2n) is 3.01. The van der Waals surface area contributed by atoms with Crippen LogP contribution in [0.1, 0.15) is 10.4 Å². The lowest BCUT2D eigenvalue weighted by Gasteiger charge is -2.06. The first-order valence-corrected chi connectivity index (χ1v) is 4.66. The maximum Gasteiger partial charge on any atom is 0.340 e. The topological polar surface area (TPSA) is 107 Å². The highest BCUT2D eigenvalue weighted by Gasteiger charge is 2.09. The highest BCUT2D eigenvalue weighted by molar-refractivity contribution is 5.94. The molecule has 0 aromatic heterocycles. The van der Waals surface area contributed by atoms with Crippen molar-refractivity contribution in [2.75, 3.05) is 18.9 Å². The molecule has 5 N–H and O–H groups in total. The zero-order chi connectivity index (χ0) is 12.0. The maximum absolute atomic E-state index is 11.5. The average Bonchev–Trinajstić information content (AvgIpc) is 2.24. The zero-order valence-corrected chi connectivity index (χ0v) is 8.60. The van der Waals surface area contributed by atoms with Crippen molar-refractivity contribution in [3.8, 4) is 0 Å². The number of ether oxygens (including phenoxy) is 1. The Balaban J connectivity index is 2.41. The molecule has 2 amide bonds. The van der Waals surface area contributed by atoms with Crippen molar-refractivity contribution in [1.82, 2.24) is 5.32 Å². The molecule has 1 aromatic rings. The number of carbonyl (C=O) groups is 2. The van der Waals surface area contributed by atoms with E-state index in [1.54, 1.807) is 24.3 Å². The lowest BCUT2D eigenvalue weighted by atomic mass is 10.2. The zero-order valence-electron chi connectivity index (χ0n) is 8.60. The van der Waals surface area contributed by atoms with Crippen molar-refractivity contribution in [3.63, 3.8) is 0 Å². The number of carbonyl (C=O) groups excluding carboxylic acids is 2. The summed E-state index contributed by atoms with van der Waals surface area (Å²) in [6, 6.07) is 5.93. The van der Waals surface area contributed by atoms with E-state index in [2.05, 4.69) is 5.32 Å². The molecule has 0 bridgehead atoms. The number of nitrogens with two attached hydrogens (primary N) is 2. The highest BCUT2D eigenvalue weighted by Crippen LogP contribution is 2.11. The Morgan fingerprint density at radius 3 is 2.62 bits per heavy atom. The number of benzene rings is 1. The molecule has 0 heterocycles. The van der Waals surface area contributed by atoms with E-state index in [1.165, 1.54) is 0 Å². The molecule has 0 unspecified atom stereocenters. The molecule has 0 saturated carbocycles. The fraction of sp³-hybridized carbons (Fsp3) is 0.200. The van der Waals surface area contributed by atoms with Gasteiger partial charge >= 0.3 is 12.0 Å². The lowest BCUT2D eigenvalue weighted by molar-refractivity contribution is 0.0512. The van der Waals surface area contributed by atoms with Crippen LogP contribution in [0.5, 0.6) is 0 Å². The highest BCUT2D eigenvalue weighted by atomic mass is 16.5. The van der Waals surface area contributed by atoms with Crippen molar-refractivity contribution in [3.05, 3.63) is 29.8 Å². The Hall–Kier alpha value is -2.24. The van der Waals surface area contributed by atoms with Crippen LogP contribution >= 0.6 is 0 Å². The van der Waals surface area contributed by atoms with E-state index in [-0.39, 0.29) is 13.2 Å². The maximum atomic E-state index is 11.5. The van der Waals surface area contributed by atoms with Crippen LogP contribution in [0.3, 0.4) is 0 Å². The van der Waals surface area contributed by atoms with E-state index in [0.29, 0.717) is 11.3 Å². The molecule has 6 heteroatoms. The van der Waals surface area contributed by atoms with Gasteiger partial charge in [-0.2, -0.15) is 0 Å². The van der Waals surface area contributed by atoms with E-state index >= 15 is 0 Å². The number of esters is 1. The van der Waals surface area contributed by atoms with Gasteiger partial charge < -0.3 is 21.5 Å². The number of hydrogen-bond acceptors (Lipinski definition) is 4. The standard InChI is InChI=1S/C10H13N3O3/c11-8-4-2-1-3-7(8)9(14)16-6-5-13-10(12)15/h1-4H,5-6,11H2,(H3,12,13,15). The summed E-state index contributed by atoms with van der Waals surface area (Å²) in [5.74, 6) is -0.524. The summed E-state index contributed by atoms with van der Waals surface area (Å²) in [5, 5.41) is 2.30. The third kappa shape index (κ3) is 3.49. The van der Waals surface area contributed by atoms with Crippen molar-refractivity contribution in [2.45, 2.75) is 0 Å². The van der Waals surface area contributed by atoms with E-state index < -0.39 is 12.0 Å². The Morgan fingerprint density at radius 1 is 1.31 bits per heavy atom. The Bertz CT molecular complexity index is 393. The number of amides is 2. The molecular formula is C10H13N3O3. The lowest BCUT2D eigenvalue weighted by Crippen LogP contribution is -2.32. The van der Waals surface area contributed by atoms with Gasteiger partial charge in [0.1, 0.15) is 6.61 Å². The molecule has 1 aromatic carbocycles. The van der Waals surface area contributed by atoms with Crippen LogP contribution in [-0.4, -0.2) is 25.2 Å². The van der Waals surface area contributed by atoms with Crippen molar-refractivity contribution in [1.29, 1.82) is 0 Å². The van der Waals surface area contributed by atoms with Gasteiger partial charge in [-0.1, -0.05) is 12.1 Å². The number of urea groups is 1. The first-order chi connectivity index (χ1) is 7.61. The van der Waals surface area contributed by atoms with Gasteiger partial charge in [0.15, 0.2) is 0 Å². The first kappa shape index (κ1) is 11.8. The van der Waals surface area contributed by atoms with Crippen LogP contribution < -0.4 is 16.8 Å². The van der Waals surface area contributed by atoms with Gasteiger partial charge in [-0.05, 0) is 12.1 Å². The van der Waals surface area contributed by atoms with Crippen molar-refractivity contribution in [2.24, 2.45) is 5.73 Å². The summed E-state index contributed by atoms with van der Waals surface area (Å²) in [6.45, 7) is 0.226. The van der Waals surface area contributed by atoms with Crippen molar-refractivity contribution < 1.29 is 14.3 Å². The van der Waals surface area contributed by atoms with E-state index in [0.717, 1.165) is 0 Å². The summed E-state index contributed by atoms with van der Waals surface area (Å²) < 4.78 is 4.87. The molecule has 16 heavy (non-hydrogen) atoms. The monoisotopic (exact) mass is 223 g/mol. The van der Waals surface area contributed by atoms with Crippen LogP contribution in [0, 0.1) is 0 Å². The molecular weight excluding hydrogens is 210 g/mol. The Labute approximate surface area is 92.6 Å². The molecule has 1 rings (SSSR count). The third-order valence-electron chi connectivity index (χ3n) is 1.82. The molecule has 0 radical (unpaired) electrons. The van der Waals surface area contributed by atoms with Crippen LogP contribution in [0.25, 0.3) is 0 Å². The molecule has 0 atom stereocenters. The van der Waals surface area contributed by atoms with E-state index in [1.807, 2.05) is 0 Å². The largest absolute Gasteiger partial charge is 0.460 e. The minimum Gasteiger partial charge on any atom is -0.460 e. The normalized spacial score (nSPS) is 9.50. The van der Waals surface area contributed by atoms with Crippen molar-refractivity contribution >= 4 is 17.7 Å². The van der Waals surface area contributed by atoms with E-state index in [4.69, 9.17) is 16.2 Å².